The lowest BCUT2D eigenvalue weighted by Crippen LogP contribution is -2.16. The molecule has 0 radical (unpaired) electrons. The second kappa shape index (κ2) is 9.99. The quantitative estimate of drug-likeness (QED) is 0.493. The minimum atomic E-state index is 0.0365. The van der Waals surface area contributed by atoms with Gasteiger partial charge in [-0.05, 0) is 26.2 Å². The third-order valence-electron chi connectivity index (χ3n) is 4.87. The Morgan fingerprint density at radius 1 is 1.14 bits per heavy atom. The molecular formula is C22H29N5O. The van der Waals surface area contributed by atoms with Gasteiger partial charge in [-0.1, -0.05) is 49.4 Å². The smallest absolute Gasteiger partial charge is 0.155 e. The van der Waals surface area contributed by atoms with E-state index in [-0.39, 0.29) is 6.04 Å². The van der Waals surface area contributed by atoms with E-state index in [0.29, 0.717) is 6.61 Å². The van der Waals surface area contributed by atoms with E-state index < -0.39 is 0 Å². The SMILES string of the molecule is CCC=CCCc1c(-c2ccccc2)ncn1C(C)c1nncn1CCOC. The van der Waals surface area contributed by atoms with Crippen LogP contribution in [-0.4, -0.2) is 38.0 Å². The van der Waals surface area contributed by atoms with Crippen molar-refractivity contribution in [1.82, 2.24) is 24.3 Å². The second-order valence-electron chi connectivity index (χ2n) is 6.78. The highest BCUT2D eigenvalue weighted by atomic mass is 16.5. The predicted molar refractivity (Wildman–Crippen MR) is 111 cm³/mol. The maximum atomic E-state index is 5.21. The zero-order chi connectivity index (χ0) is 19.8. The molecule has 6 heteroatoms. The van der Waals surface area contributed by atoms with Crippen LogP contribution in [0.2, 0.25) is 0 Å². The van der Waals surface area contributed by atoms with Crippen LogP contribution in [-0.2, 0) is 17.7 Å². The molecule has 3 rings (SSSR count). The van der Waals surface area contributed by atoms with Gasteiger partial charge < -0.3 is 13.9 Å². The first-order valence-electron chi connectivity index (χ1n) is 9.89. The number of benzene rings is 1. The van der Waals surface area contributed by atoms with Gasteiger partial charge in [-0.15, -0.1) is 10.2 Å². The number of methoxy groups -OCH3 is 1. The largest absolute Gasteiger partial charge is 0.383 e. The van der Waals surface area contributed by atoms with E-state index in [1.807, 2.05) is 12.4 Å². The number of imidazole rings is 1. The summed E-state index contributed by atoms with van der Waals surface area (Å²) >= 11 is 0. The Morgan fingerprint density at radius 2 is 1.96 bits per heavy atom. The van der Waals surface area contributed by atoms with E-state index in [1.54, 1.807) is 13.4 Å². The molecule has 0 N–H and O–H groups in total. The average molecular weight is 380 g/mol. The van der Waals surface area contributed by atoms with Gasteiger partial charge in [0.15, 0.2) is 5.82 Å². The maximum absolute atomic E-state index is 5.21. The Labute approximate surface area is 166 Å². The Bertz CT molecular complexity index is 881. The number of hydrogen-bond donors (Lipinski definition) is 0. The van der Waals surface area contributed by atoms with Gasteiger partial charge in [-0.2, -0.15) is 0 Å². The second-order valence-corrected chi connectivity index (χ2v) is 6.78. The molecule has 0 amide bonds. The van der Waals surface area contributed by atoms with Crippen LogP contribution in [0.25, 0.3) is 11.3 Å². The topological polar surface area (TPSA) is 57.8 Å². The summed E-state index contributed by atoms with van der Waals surface area (Å²) in [4.78, 5) is 4.76. The van der Waals surface area contributed by atoms with Gasteiger partial charge in [0, 0.05) is 24.9 Å². The van der Waals surface area contributed by atoms with Crippen LogP contribution in [0.5, 0.6) is 0 Å². The van der Waals surface area contributed by atoms with Crippen molar-refractivity contribution >= 4 is 0 Å². The summed E-state index contributed by atoms with van der Waals surface area (Å²) in [7, 11) is 1.71. The average Bonchev–Trinajstić information content (AvgIpc) is 3.37. The number of aromatic nitrogens is 5. The summed E-state index contributed by atoms with van der Waals surface area (Å²) in [5, 5.41) is 8.49. The Kier molecular flexibility index (Phi) is 7.14. The fourth-order valence-corrected chi connectivity index (χ4v) is 3.38. The van der Waals surface area contributed by atoms with Crippen LogP contribution in [0.3, 0.4) is 0 Å². The Balaban J connectivity index is 1.94. The molecular weight excluding hydrogens is 350 g/mol. The van der Waals surface area contributed by atoms with E-state index in [1.165, 1.54) is 5.69 Å². The molecule has 1 unspecified atom stereocenters. The van der Waals surface area contributed by atoms with Crippen molar-refractivity contribution < 1.29 is 4.74 Å². The van der Waals surface area contributed by atoms with Crippen molar-refractivity contribution in [2.45, 2.75) is 45.7 Å². The Hall–Kier alpha value is -2.73. The lowest BCUT2D eigenvalue weighted by Gasteiger charge is -2.18. The molecule has 0 bridgehead atoms. The molecule has 2 aromatic heterocycles. The first kappa shape index (κ1) is 20.0. The van der Waals surface area contributed by atoms with Crippen LogP contribution in [0.15, 0.2) is 55.1 Å². The van der Waals surface area contributed by atoms with Crippen molar-refractivity contribution in [3.05, 3.63) is 66.7 Å². The molecule has 0 aliphatic rings. The van der Waals surface area contributed by atoms with E-state index in [0.717, 1.165) is 42.9 Å². The molecule has 148 valence electrons. The van der Waals surface area contributed by atoms with Crippen molar-refractivity contribution in [3.8, 4) is 11.3 Å². The lowest BCUT2D eigenvalue weighted by atomic mass is 10.1. The van der Waals surface area contributed by atoms with Gasteiger partial charge in [-0.3, -0.25) is 0 Å². The highest BCUT2D eigenvalue weighted by Crippen LogP contribution is 2.28. The molecule has 0 fully saturated rings. The fourth-order valence-electron chi connectivity index (χ4n) is 3.38. The molecule has 1 aromatic carbocycles. The van der Waals surface area contributed by atoms with Gasteiger partial charge in [-0.25, -0.2) is 4.98 Å². The van der Waals surface area contributed by atoms with Crippen molar-refractivity contribution in [3.63, 3.8) is 0 Å². The zero-order valence-corrected chi connectivity index (χ0v) is 17.0. The third kappa shape index (κ3) is 4.57. The molecule has 0 aliphatic heterocycles. The summed E-state index contributed by atoms with van der Waals surface area (Å²) in [5.74, 6) is 0.916. The van der Waals surface area contributed by atoms with Crippen LogP contribution in [0.1, 0.15) is 44.2 Å². The van der Waals surface area contributed by atoms with Crippen LogP contribution >= 0.6 is 0 Å². The van der Waals surface area contributed by atoms with Crippen LogP contribution < -0.4 is 0 Å². The highest BCUT2D eigenvalue weighted by Gasteiger charge is 2.21. The Morgan fingerprint density at radius 3 is 2.71 bits per heavy atom. The predicted octanol–water partition coefficient (Wildman–Crippen LogP) is 4.30. The maximum Gasteiger partial charge on any atom is 0.155 e. The summed E-state index contributed by atoms with van der Waals surface area (Å²) in [6.45, 7) is 5.67. The van der Waals surface area contributed by atoms with Crippen LogP contribution in [0.4, 0.5) is 0 Å². The van der Waals surface area contributed by atoms with Crippen molar-refractivity contribution in [1.29, 1.82) is 0 Å². The first-order valence-corrected chi connectivity index (χ1v) is 9.89. The minimum Gasteiger partial charge on any atom is -0.383 e. The normalized spacial score (nSPS) is 12.7. The lowest BCUT2D eigenvalue weighted by molar-refractivity contribution is 0.185. The molecule has 2 heterocycles. The molecule has 6 nitrogen and oxygen atoms in total. The standard InChI is InChI=1S/C22H29N5O/c1-4-5-6-10-13-20-21(19-11-8-7-9-12-19)23-16-27(20)18(2)22-25-24-17-26(22)14-15-28-3/h5-9,11-12,16-18H,4,10,13-15H2,1-3H3. The zero-order valence-electron chi connectivity index (χ0n) is 17.0. The number of rotatable bonds is 10. The number of allylic oxidation sites excluding steroid dienone is 2. The van der Waals surface area contributed by atoms with Gasteiger partial charge >= 0.3 is 0 Å². The minimum absolute atomic E-state index is 0.0365. The molecule has 3 aromatic rings. The summed E-state index contributed by atoms with van der Waals surface area (Å²) in [6, 6.07) is 10.4. The summed E-state index contributed by atoms with van der Waals surface area (Å²) < 4.78 is 9.50. The van der Waals surface area contributed by atoms with Gasteiger partial charge in [0.05, 0.1) is 24.7 Å². The van der Waals surface area contributed by atoms with Crippen LogP contribution in [0, 0.1) is 0 Å². The third-order valence-corrected chi connectivity index (χ3v) is 4.87. The van der Waals surface area contributed by atoms with Gasteiger partial charge in [0.1, 0.15) is 6.33 Å². The molecule has 0 aliphatic carbocycles. The van der Waals surface area contributed by atoms with Gasteiger partial charge in [0.2, 0.25) is 0 Å². The number of hydrogen-bond acceptors (Lipinski definition) is 4. The van der Waals surface area contributed by atoms with Gasteiger partial charge in [0.25, 0.3) is 0 Å². The van der Waals surface area contributed by atoms with Crippen molar-refractivity contribution in [2.24, 2.45) is 0 Å². The molecule has 0 saturated heterocycles. The highest BCUT2D eigenvalue weighted by molar-refractivity contribution is 5.62. The summed E-state index contributed by atoms with van der Waals surface area (Å²) in [6.07, 6.45) is 11.1. The van der Waals surface area contributed by atoms with Crippen molar-refractivity contribution in [2.75, 3.05) is 13.7 Å². The van der Waals surface area contributed by atoms with E-state index in [2.05, 4.69) is 69.6 Å². The monoisotopic (exact) mass is 379 g/mol. The summed E-state index contributed by atoms with van der Waals surface area (Å²) in [5.41, 5.74) is 3.41. The molecule has 0 spiro atoms. The number of nitrogens with zero attached hydrogens (tertiary/aromatic N) is 5. The molecule has 0 saturated carbocycles. The van der Waals surface area contributed by atoms with E-state index in [9.17, 15) is 0 Å². The molecule has 1 atom stereocenters. The fraction of sp³-hybridized carbons (Fsp3) is 0.409. The first-order chi connectivity index (χ1) is 13.8. The molecule has 28 heavy (non-hydrogen) atoms. The van der Waals surface area contributed by atoms with E-state index in [4.69, 9.17) is 9.72 Å². The number of ether oxygens (including phenoxy) is 1. The van der Waals surface area contributed by atoms with E-state index >= 15 is 0 Å².